The Morgan fingerprint density at radius 1 is 1.35 bits per heavy atom. The second kappa shape index (κ2) is 7.89. The lowest BCUT2D eigenvalue weighted by atomic mass is 10.0. The van der Waals surface area contributed by atoms with Gasteiger partial charge in [-0.2, -0.15) is 0 Å². The van der Waals surface area contributed by atoms with Gasteiger partial charge in [0.05, 0.1) is 5.56 Å². The van der Waals surface area contributed by atoms with Gasteiger partial charge < -0.3 is 10.0 Å². The molecule has 1 heterocycles. The van der Waals surface area contributed by atoms with Gasteiger partial charge >= 0.3 is 12.0 Å². The molecule has 1 aromatic heterocycles. The molecule has 0 aliphatic heterocycles. The van der Waals surface area contributed by atoms with Crippen molar-refractivity contribution in [1.82, 2.24) is 4.90 Å². The molecule has 0 aliphatic rings. The van der Waals surface area contributed by atoms with Gasteiger partial charge in [0.15, 0.2) is 0 Å². The number of thiophene rings is 1. The van der Waals surface area contributed by atoms with Gasteiger partial charge in [-0.05, 0) is 24.3 Å². The van der Waals surface area contributed by atoms with Gasteiger partial charge in [0.25, 0.3) is 0 Å². The summed E-state index contributed by atoms with van der Waals surface area (Å²) in [5.74, 6) is -0.549. The van der Waals surface area contributed by atoms with E-state index in [2.05, 4.69) is 19.2 Å². The van der Waals surface area contributed by atoms with Crippen molar-refractivity contribution in [2.24, 2.45) is 5.92 Å². The number of hydrogen-bond donors (Lipinski definition) is 2. The van der Waals surface area contributed by atoms with Crippen LogP contribution in [0.2, 0.25) is 0 Å². The van der Waals surface area contributed by atoms with Crippen molar-refractivity contribution in [3.8, 4) is 0 Å². The molecule has 112 valence electrons. The number of carbonyl (C=O) groups is 2. The highest BCUT2D eigenvalue weighted by Gasteiger charge is 2.19. The molecule has 2 amide bonds. The van der Waals surface area contributed by atoms with E-state index < -0.39 is 5.97 Å². The number of carboxylic acid groups (broad SMARTS) is 1. The molecule has 0 radical (unpaired) electrons. The summed E-state index contributed by atoms with van der Waals surface area (Å²) in [6.07, 6.45) is 2.05. The van der Waals surface area contributed by atoms with Crippen molar-refractivity contribution in [3.05, 3.63) is 17.0 Å². The number of nitrogens with one attached hydrogen (secondary N) is 1. The Labute approximate surface area is 123 Å². The van der Waals surface area contributed by atoms with Gasteiger partial charge in [-0.15, -0.1) is 11.3 Å². The molecule has 0 spiro atoms. The highest BCUT2D eigenvalue weighted by molar-refractivity contribution is 7.14. The summed E-state index contributed by atoms with van der Waals surface area (Å²) >= 11 is 1.23. The standard InChI is InChI=1S/C14H22N2O3S/c1-4-10(5-2)9-16(6-3)14(19)15-12-11(13(17)18)7-8-20-12/h7-8,10H,4-6,9H2,1-3H3,(H,15,19)(H,17,18). The number of urea groups is 1. The van der Waals surface area contributed by atoms with Crippen LogP contribution in [0.25, 0.3) is 0 Å². The maximum atomic E-state index is 12.2. The first-order valence-corrected chi connectivity index (χ1v) is 7.78. The first-order valence-electron chi connectivity index (χ1n) is 6.90. The molecule has 0 fully saturated rings. The maximum Gasteiger partial charge on any atom is 0.338 e. The minimum absolute atomic E-state index is 0.141. The lowest BCUT2D eigenvalue weighted by molar-refractivity contribution is 0.0698. The molecule has 0 aromatic carbocycles. The van der Waals surface area contributed by atoms with E-state index in [1.807, 2.05) is 6.92 Å². The van der Waals surface area contributed by atoms with Gasteiger partial charge in [0.1, 0.15) is 5.00 Å². The zero-order valence-electron chi connectivity index (χ0n) is 12.2. The Balaban J connectivity index is 2.72. The van der Waals surface area contributed by atoms with Crippen LogP contribution in [0.1, 0.15) is 44.0 Å². The monoisotopic (exact) mass is 298 g/mol. The number of aromatic carboxylic acids is 1. The Bertz CT molecular complexity index is 455. The average Bonchev–Trinajstić information content (AvgIpc) is 2.88. The van der Waals surface area contributed by atoms with Crippen LogP contribution < -0.4 is 5.32 Å². The molecule has 20 heavy (non-hydrogen) atoms. The third kappa shape index (κ3) is 4.23. The molecule has 2 N–H and O–H groups in total. The van der Waals surface area contributed by atoms with Crippen LogP contribution in [0, 0.1) is 5.92 Å². The number of hydrogen-bond acceptors (Lipinski definition) is 3. The van der Waals surface area contributed by atoms with Crippen molar-refractivity contribution >= 4 is 28.3 Å². The smallest absolute Gasteiger partial charge is 0.338 e. The van der Waals surface area contributed by atoms with E-state index in [1.165, 1.54) is 17.4 Å². The first-order chi connectivity index (χ1) is 9.53. The molecule has 1 rings (SSSR count). The van der Waals surface area contributed by atoms with E-state index in [-0.39, 0.29) is 11.6 Å². The van der Waals surface area contributed by atoms with E-state index in [9.17, 15) is 9.59 Å². The number of carbonyl (C=O) groups excluding carboxylic acids is 1. The number of amides is 2. The van der Waals surface area contributed by atoms with E-state index in [4.69, 9.17) is 5.11 Å². The van der Waals surface area contributed by atoms with Crippen LogP contribution in [0.5, 0.6) is 0 Å². The topological polar surface area (TPSA) is 69.6 Å². The SMILES string of the molecule is CCC(CC)CN(CC)C(=O)Nc1sccc1C(=O)O. The highest BCUT2D eigenvalue weighted by atomic mass is 32.1. The maximum absolute atomic E-state index is 12.2. The first kappa shape index (κ1) is 16.5. The molecule has 0 aliphatic carbocycles. The summed E-state index contributed by atoms with van der Waals surface area (Å²) in [4.78, 5) is 25.0. The predicted molar refractivity (Wildman–Crippen MR) is 81.6 cm³/mol. The quantitative estimate of drug-likeness (QED) is 0.805. The Morgan fingerprint density at radius 2 is 2.00 bits per heavy atom. The molecular weight excluding hydrogens is 276 g/mol. The van der Waals surface area contributed by atoms with Crippen molar-refractivity contribution < 1.29 is 14.7 Å². The second-order valence-electron chi connectivity index (χ2n) is 4.62. The van der Waals surface area contributed by atoms with Gasteiger partial charge in [-0.1, -0.05) is 26.7 Å². The normalized spacial score (nSPS) is 10.6. The van der Waals surface area contributed by atoms with Gasteiger partial charge in [-0.25, -0.2) is 9.59 Å². The lowest BCUT2D eigenvalue weighted by Gasteiger charge is -2.25. The van der Waals surface area contributed by atoms with Gasteiger partial charge in [0.2, 0.25) is 0 Å². The number of nitrogens with zero attached hydrogens (tertiary/aromatic N) is 1. The van der Waals surface area contributed by atoms with Gasteiger partial charge in [-0.3, -0.25) is 5.32 Å². The predicted octanol–water partition coefficient (Wildman–Crippen LogP) is 3.74. The molecule has 6 heteroatoms. The molecule has 0 unspecified atom stereocenters. The summed E-state index contributed by atoms with van der Waals surface area (Å²) in [5.41, 5.74) is 0.141. The van der Waals surface area contributed by atoms with Crippen LogP contribution >= 0.6 is 11.3 Å². The van der Waals surface area contributed by atoms with Crippen molar-refractivity contribution in [2.45, 2.75) is 33.6 Å². The number of carboxylic acids is 1. The van der Waals surface area contributed by atoms with E-state index in [0.29, 0.717) is 24.0 Å². The summed E-state index contributed by atoms with van der Waals surface area (Å²) in [6.45, 7) is 7.46. The third-order valence-electron chi connectivity index (χ3n) is 3.42. The molecule has 0 saturated carbocycles. The van der Waals surface area contributed by atoms with Crippen LogP contribution in [-0.4, -0.2) is 35.1 Å². The largest absolute Gasteiger partial charge is 0.478 e. The fourth-order valence-corrected chi connectivity index (χ4v) is 2.73. The minimum atomic E-state index is -1.02. The van der Waals surface area contributed by atoms with Crippen molar-refractivity contribution in [2.75, 3.05) is 18.4 Å². The summed E-state index contributed by atoms with van der Waals surface area (Å²) in [7, 11) is 0. The Hall–Kier alpha value is -1.56. The molecule has 0 saturated heterocycles. The second-order valence-corrected chi connectivity index (χ2v) is 5.54. The number of anilines is 1. The van der Waals surface area contributed by atoms with Crippen LogP contribution in [0.15, 0.2) is 11.4 Å². The van der Waals surface area contributed by atoms with Crippen LogP contribution in [0.4, 0.5) is 9.80 Å². The summed E-state index contributed by atoms with van der Waals surface area (Å²) < 4.78 is 0. The molecular formula is C14H22N2O3S. The van der Waals surface area contributed by atoms with E-state index >= 15 is 0 Å². The number of rotatable bonds is 7. The molecule has 1 aromatic rings. The van der Waals surface area contributed by atoms with E-state index in [0.717, 1.165) is 12.8 Å². The molecule has 0 atom stereocenters. The Morgan fingerprint density at radius 3 is 2.50 bits per heavy atom. The van der Waals surface area contributed by atoms with Crippen LogP contribution in [0.3, 0.4) is 0 Å². The van der Waals surface area contributed by atoms with Crippen molar-refractivity contribution in [1.29, 1.82) is 0 Å². The van der Waals surface area contributed by atoms with Crippen molar-refractivity contribution in [3.63, 3.8) is 0 Å². The lowest BCUT2D eigenvalue weighted by Crippen LogP contribution is -2.38. The third-order valence-corrected chi connectivity index (χ3v) is 4.25. The fourth-order valence-electron chi connectivity index (χ4n) is 1.96. The Kier molecular flexibility index (Phi) is 6.51. The summed E-state index contributed by atoms with van der Waals surface area (Å²) in [6, 6.07) is 1.27. The zero-order valence-corrected chi connectivity index (χ0v) is 13.0. The highest BCUT2D eigenvalue weighted by Crippen LogP contribution is 2.23. The van der Waals surface area contributed by atoms with E-state index in [1.54, 1.807) is 10.3 Å². The summed E-state index contributed by atoms with van der Waals surface area (Å²) in [5, 5.41) is 13.8. The molecule has 0 bridgehead atoms. The van der Waals surface area contributed by atoms with Gasteiger partial charge in [0, 0.05) is 13.1 Å². The van der Waals surface area contributed by atoms with Crippen LogP contribution in [-0.2, 0) is 0 Å². The zero-order chi connectivity index (χ0) is 15.1. The fraction of sp³-hybridized carbons (Fsp3) is 0.571. The average molecular weight is 298 g/mol. The molecule has 5 nitrogen and oxygen atoms in total. The minimum Gasteiger partial charge on any atom is -0.478 e.